The van der Waals surface area contributed by atoms with Gasteiger partial charge in [0.2, 0.25) is 0 Å². The van der Waals surface area contributed by atoms with E-state index in [4.69, 9.17) is 16.3 Å². The summed E-state index contributed by atoms with van der Waals surface area (Å²) in [7, 11) is 0. The highest BCUT2D eigenvalue weighted by molar-refractivity contribution is 9.10. The van der Waals surface area contributed by atoms with Gasteiger partial charge in [0.1, 0.15) is 10.4 Å². The molecule has 0 radical (unpaired) electrons. The number of ether oxygens (including phenoxy) is 1. The van der Waals surface area contributed by atoms with Crippen molar-refractivity contribution in [3.05, 3.63) is 33.5 Å². The van der Waals surface area contributed by atoms with E-state index in [0.29, 0.717) is 0 Å². The van der Waals surface area contributed by atoms with Crippen LogP contribution in [0.25, 0.3) is 5.82 Å². The van der Waals surface area contributed by atoms with Crippen molar-refractivity contribution in [2.45, 2.75) is 26.7 Å². The molecule has 6 heteroatoms. The topological polar surface area (TPSA) is 30.3 Å². The fraction of sp³-hybridized carbons (Fsp3) is 0.533. The normalized spacial score (nSPS) is 17.4. The monoisotopic (exact) mass is 373 g/mol. The molecule has 1 aromatic rings. The maximum absolute atomic E-state index is 6.36. The van der Waals surface area contributed by atoms with Crippen molar-refractivity contribution in [3.63, 3.8) is 0 Å². The second-order valence-corrected chi connectivity index (χ2v) is 6.25. The predicted molar refractivity (Wildman–Crippen MR) is 90.2 cm³/mol. The molecule has 0 saturated carbocycles. The molecule has 0 bridgehead atoms. The van der Waals surface area contributed by atoms with Crippen LogP contribution >= 0.6 is 27.5 Å². The molecule has 0 spiro atoms. The Bertz CT molecular complexity index is 533. The van der Waals surface area contributed by atoms with Crippen LogP contribution in [0.1, 0.15) is 25.5 Å². The van der Waals surface area contributed by atoms with E-state index in [1.54, 1.807) is 0 Å². The van der Waals surface area contributed by atoms with E-state index in [-0.39, 0.29) is 0 Å². The summed E-state index contributed by atoms with van der Waals surface area (Å²) in [5.41, 5.74) is 1.07. The zero-order chi connectivity index (χ0) is 15.2. The molecule has 0 unspecified atom stereocenters. The molecule has 116 valence electrons. The molecule has 2 heterocycles. The molecule has 0 aliphatic carbocycles. The molecule has 0 aromatic carbocycles. The van der Waals surface area contributed by atoms with Crippen molar-refractivity contribution in [1.29, 1.82) is 0 Å². The van der Waals surface area contributed by atoms with E-state index >= 15 is 0 Å². The lowest BCUT2D eigenvalue weighted by atomic mass is 10.3. The molecular weight excluding hydrogens is 354 g/mol. The van der Waals surface area contributed by atoms with Gasteiger partial charge in [0, 0.05) is 23.8 Å². The first-order valence-corrected chi connectivity index (χ1v) is 8.41. The Morgan fingerprint density at radius 3 is 2.76 bits per heavy atom. The molecule has 0 amide bonds. The first-order chi connectivity index (χ1) is 10.1. The Morgan fingerprint density at radius 2 is 2.19 bits per heavy atom. The third kappa shape index (κ3) is 4.59. The van der Waals surface area contributed by atoms with Gasteiger partial charge in [-0.05, 0) is 41.4 Å². The van der Waals surface area contributed by atoms with Crippen molar-refractivity contribution in [2.24, 2.45) is 0 Å². The van der Waals surface area contributed by atoms with Gasteiger partial charge in [0.25, 0.3) is 0 Å². The average molecular weight is 375 g/mol. The highest BCUT2D eigenvalue weighted by atomic mass is 79.9. The quantitative estimate of drug-likeness (QED) is 0.730. The van der Waals surface area contributed by atoms with Gasteiger partial charge in [0.05, 0.1) is 13.2 Å². The van der Waals surface area contributed by atoms with Crippen LogP contribution < -0.4 is 0 Å². The summed E-state index contributed by atoms with van der Waals surface area (Å²) in [5.74, 6) is 0.999. The van der Waals surface area contributed by atoms with Gasteiger partial charge in [-0.2, -0.15) is 5.10 Å². The Morgan fingerprint density at radius 1 is 1.48 bits per heavy atom. The molecule has 1 saturated heterocycles. The number of hydrogen-bond acceptors (Lipinski definition) is 3. The standard InChI is InChI=1S/C15H21BrClN3O/c1-3-4-5-13(17)11-15(19-6-8-21-9-7-19)20-12(2)10-14(16)18-20/h5,10-11H,3-4,6-9H2,1-2H3/b13-5-,15-11-. The maximum Gasteiger partial charge on any atom is 0.132 e. The number of allylic oxidation sites excluding steroid dienone is 3. The first-order valence-electron chi connectivity index (χ1n) is 7.24. The molecule has 2 rings (SSSR count). The van der Waals surface area contributed by atoms with Crippen LogP contribution in [0.15, 0.2) is 27.9 Å². The first kappa shape index (κ1) is 16.6. The number of nitrogens with zero attached hydrogens (tertiary/aromatic N) is 3. The van der Waals surface area contributed by atoms with Gasteiger partial charge in [-0.15, -0.1) is 0 Å². The van der Waals surface area contributed by atoms with E-state index in [2.05, 4.69) is 38.9 Å². The number of rotatable bonds is 5. The molecule has 1 fully saturated rings. The van der Waals surface area contributed by atoms with E-state index in [9.17, 15) is 0 Å². The Hall–Kier alpha value is -0.780. The van der Waals surface area contributed by atoms with Crippen molar-refractivity contribution in [3.8, 4) is 0 Å². The summed E-state index contributed by atoms with van der Waals surface area (Å²) in [4.78, 5) is 2.26. The Labute approximate surface area is 139 Å². The predicted octanol–water partition coefficient (Wildman–Crippen LogP) is 4.01. The lowest BCUT2D eigenvalue weighted by Gasteiger charge is -2.31. The van der Waals surface area contributed by atoms with Gasteiger partial charge in [0.15, 0.2) is 0 Å². The number of hydrogen-bond donors (Lipinski definition) is 0. The Kier molecular flexibility index (Phi) is 6.33. The average Bonchev–Trinajstić information content (AvgIpc) is 2.82. The van der Waals surface area contributed by atoms with Gasteiger partial charge in [-0.3, -0.25) is 0 Å². The molecule has 1 aliphatic rings. The highest BCUT2D eigenvalue weighted by Crippen LogP contribution is 2.22. The van der Waals surface area contributed by atoms with Crippen molar-refractivity contribution in [1.82, 2.24) is 14.7 Å². The molecule has 1 aliphatic heterocycles. The molecule has 0 atom stereocenters. The van der Waals surface area contributed by atoms with Gasteiger partial charge in [-0.25, -0.2) is 4.68 Å². The fourth-order valence-electron chi connectivity index (χ4n) is 2.21. The highest BCUT2D eigenvalue weighted by Gasteiger charge is 2.18. The van der Waals surface area contributed by atoms with Crippen LogP contribution in [0.2, 0.25) is 0 Å². The SMILES string of the molecule is CCC/C=C(Cl)/C=C(/N1CCOCC1)n1nc(Br)cc1C. The van der Waals surface area contributed by atoms with E-state index in [1.165, 1.54) is 0 Å². The van der Waals surface area contributed by atoms with Crippen LogP contribution in [-0.2, 0) is 4.74 Å². The summed E-state index contributed by atoms with van der Waals surface area (Å²) < 4.78 is 8.19. The van der Waals surface area contributed by atoms with Crippen molar-refractivity contribution < 1.29 is 4.74 Å². The minimum Gasteiger partial charge on any atom is -0.378 e. The zero-order valence-electron chi connectivity index (χ0n) is 12.5. The van der Waals surface area contributed by atoms with Gasteiger partial charge < -0.3 is 9.64 Å². The maximum atomic E-state index is 6.36. The second-order valence-electron chi connectivity index (χ2n) is 5.00. The van der Waals surface area contributed by atoms with Crippen molar-refractivity contribution >= 4 is 33.4 Å². The lowest BCUT2D eigenvalue weighted by molar-refractivity contribution is 0.0611. The zero-order valence-corrected chi connectivity index (χ0v) is 14.8. The number of aromatic nitrogens is 2. The molecule has 0 N–H and O–H groups in total. The van der Waals surface area contributed by atoms with Gasteiger partial charge in [-0.1, -0.05) is 31.0 Å². The number of halogens is 2. The van der Waals surface area contributed by atoms with Gasteiger partial charge >= 0.3 is 0 Å². The van der Waals surface area contributed by atoms with Crippen LogP contribution in [-0.4, -0.2) is 41.0 Å². The second kappa shape index (κ2) is 8.01. The molecule has 1 aromatic heterocycles. The van der Waals surface area contributed by atoms with E-state index in [0.717, 1.165) is 60.3 Å². The van der Waals surface area contributed by atoms with E-state index in [1.807, 2.05) is 23.7 Å². The number of aryl methyl sites for hydroxylation is 1. The van der Waals surface area contributed by atoms with Crippen LogP contribution in [0.5, 0.6) is 0 Å². The third-order valence-corrected chi connectivity index (χ3v) is 3.96. The summed E-state index contributed by atoms with van der Waals surface area (Å²) in [6.07, 6.45) is 6.11. The molecule has 4 nitrogen and oxygen atoms in total. The molecular formula is C15H21BrClN3O. The fourth-order valence-corrected chi connectivity index (χ4v) is 2.91. The number of morpholine rings is 1. The number of unbranched alkanes of at least 4 members (excludes halogenated alkanes) is 1. The van der Waals surface area contributed by atoms with Crippen molar-refractivity contribution in [2.75, 3.05) is 26.3 Å². The molecule has 21 heavy (non-hydrogen) atoms. The summed E-state index contributed by atoms with van der Waals surface area (Å²) >= 11 is 9.79. The third-order valence-electron chi connectivity index (χ3n) is 3.30. The minimum atomic E-state index is 0.731. The summed E-state index contributed by atoms with van der Waals surface area (Å²) in [5, 5.41) is 5.27. The van der Waals surface area contributed by atoms with E-state index < -0.39 is 0 Å². The smallest absolute Gasteiger partial charge is 0.132 e. The largest absolute Gasteiger partial charge is 0.378 e. The lowest BCUT2D eigenvalue weighted by Crippen LogP contribution is -2.37. The van der Waals surface area contributed by atoms with Crippen LogP contribution in [0.4, 0.5) is 0 Å². The van der Waals surface area contributed by atoms with Crippen LogP contribution in [0, 0.1) is 6.92 Å². The van der Waals surface area contributed by atoms with Crippen LogP contribution in [0.3, 0.4) is 0 Å². The summed E-state index contributed by atoms with van der Waals surface area (Å²) in [6, 6.07) is 2.00. The summed E-state index contributed by atoms with van der Waals surface area (Å²) in [6.45, 7) is 7.34. The minimum absolute atomic E-state index is 0.731. The Balaban J connectivity index is 2.34.